The van der Waals surface area contributed by atoms with Crippen molar-refractivity contribution in [2.24, 2.45) is 0 Å². The molecule has 0 aliphatic carbocycles. The number of hydrogen-bond acceptors (Lipinski definition) is 8. The first kappa shape index (κ1) is 20.1. The van der Waals surface area contributed by atoms with Gasteiger partial charge in [0, 0.05) is 5.56 Å². The van der Waals surface area contributed by atoms with Gasteiger partial charge in [0.2, 0.25) is 5.79 Å². The van der Waals surface area contributed by atoms with Crippen molar-refractivity contribution in [1.29, 1.82) is 0 Å². The molecule has 150 valence electrons. The third kappa shape index (κ3) is 3.30. The standard InChI is InChI=1S/C20H22O8/c1-11(21)20(27-16(18(22)25-3)17(28-20)19(23)26-4)14-7-5-13-10-15(24-2)8-6-12(13)9-14/h5-11,16-17,21H,1-4H3/t11?,16-,17-/m1/s1. The van der Waals surface area contributed by atoms with Crippen molar-refractivity contribution in [1.82, 2.24) is 0 Å². The van der Waals surface area contributed by atoms with Crippen LogP contribution in [0.15, 0.2) is 36.4 Å². The average Bonchev–Trinajstić information content (AvgIpc) is 3.14. The molecule has 0 aromatic heterocycles. The maximum absolute atomic E-state index is 12.1. The summed E-state index contributed by atoms with van der Waals surface area (Å²) in [6, 6.07) is 10.8. The van der Waals surface area contributed by atoms with Gasteiger partial charge in [0.15, 0.2) is 12.2 Å². The van der Waals surface area contributed by atoms with Gasteiger partial charge in [-0.05, 0) is 35.9 Å². The van der Waals surface area contributed by atoms with E-state index < -0.39 is 36.0 Å². The molecule has 1 fully saturated rings. The van der Waals surface area contributed by atoms with Crippen molar-refractivity contribution in [3.8, 4) is 5.75 Å². The van der Waals surface area contributed by atoms with Crippen LogP contribution in [0.3, 0.4) is 0 Å². The number of rotatable bonds is 5. The van der Waals surface area contributed by atoms with Crippen LogP contribution in [0.1, 0.15) is 12.5 Å². The molecule has 28 heavy (non-hydrogen) atoms. The van der Waals surface area contributed by atoms with Gasteiger partial charge >= 0.3 is 11.9 Å². The number of aliphatic hydroxyl groups excluding tert-OH is 1. The fourth-order valence-electron chi connectivity index (χ4n) is 3.25. The van der Waals surface area contributed by atoms with Crippen LogP contribution < -0.4 is 4.74 Å². The summed E-state index contributed by atoms with van der Waals surface area (Å²) in [6.45, 7) is 1.45. The number of hydrogen-bond donors (Lipinski definition) is 1. The molecule has 0 saturated carbocycles. The molecule has 1 aliphatic heterocycles. The molecular weight excluding hydrogens is 368 g/mol. The van der Waals surface area contributed by atoms with Gasteiger partial charge in [0.05, 0.1) is 21.3 Å². The Morgan fingerprint density at radius 2 is 1.50 bits per heavy atom. The average molecular weight is 390 g/mol. The third-order valence-corrected chi connectivity index (χ3v) is 4.75. The summed E-state index contributed by atoms with van der Waals surface area (Å²) in [6.07, 6.45) is -3.96. The summed E-state index contributed by atoms with van der Waals surface area (Å²) < 4.78 is 26.3. The fraction of sp³-hybridized carbons (Fsp3) is 0.400. The Hall–Kier alpha value is -2.68. The van der Waals surface area contributed by atoms with E-state index >= 15 is 0 Å². The zero-order valence-corrected chi connectivity index (χ0v) is 16.0. The van der Waals surface area contributed by atoms with Crippen LogP contribution in [-0.2, 0) is 34.3 Å². The maximum atomic E-state index is 12.1. The zero-order chi connectivity index (χ0) is 20.5. The molecule has 1 unspecified atom stereocenters. The lowest BCUT2D eigenvalue weighted by Crippen LogP contribution is -2.40. The second kappa shape index (κ2) is 7.75. The zero-order valence-electron chi connectivity index (χ0n) is 16.0. The van der Waals surface area contributed by atoms with E-state index in [1.807, 2.05) is 18.2 Å². The fourth-order valence-corrected chi connectivity index (χ4v) is 3.25. The Bertz CT molecular complexity index is 867. The molecule has 1 saturated heterocycles. The van der Waals surface area contributed by atoms with E-state index in [1.165, 1.54) is 21.1 Å². The van der Waals surface area contributed by atoms with Crippen LogP contribution in [-0.4, -0.2) is 56.7 Å². The Kier molecular flexibility index (Phi) is 5.55. The van der Waals surface area contributed by atoms with E-state index in [1.54, 1.807) is 25.3 Å². The van der Waals surface area contributed by atoms with Crippen molar-refractivity contribution in [3.05, 3.63) is 42.0 Å². The Labute approximate surface area is 161 Å². The first-order chi connectivity index (χ1) is 13.4. The minimum Gasteiger partial charge on any atom is -0.497 e. The van der Waals surface area contributed by atoms with E-state index in [0.717, 1.165) is 10.8 Å². The first-order valence-corrected chi connectivity index (χ1v) is 8.64. The molecule has 0 amide bonds. The summed E-state index contributed by atoms with van der Waals surface area (Å²) in [7, 11) is 3.93. The van der Waals surface area contributed by atoms with E-state index in [4.69, 9.17) is 23.7 Å². The topological polar surface area (TPSA) is 101 Å². The van der Waals surface area contributed by atoms with Crippen LogP contribution >= 0.6 is 0 Å². The van der Waals surface area contributed by atoms with Crippen molar-refractivity contribution < 1.29 is 38.4 Å². The quantitative estimate of drug-likeness (QED) is 0.767. The van der Waals surface area contributed by atoms with E-state index in [2.05, 4.69) is 0 Å². The lowest BCUT2D eigenvalue weighted by atomic mass is 9.97. The molecule has 0 bridgehead atoms. The summed E-state index contributed by atoms with van der Waals surface area (Å²) in [5.41, 5.74) is 0.445. The smallest absolute Gasteiger partial charge is 0.338 e. The van der Waals surface area contributed by atoms with E-state index in [9.17, 15) is 14.7 Å². The molecule has 1 heterocycles. The molecular formula is C20H22O8. The van der Waals surface area contributed by atoms with Gasteiger partial charge in [0.25, 0.3) is 0 Å². The predicted octanol–water partition coefficient (Wildman–Crippen LogP) is 1.51. The molecule has 1 aliphatic rings. The van der Waals surface area contributed by atoms with Crippen LogP contribution in [0.2, 0.25) is 0 Å². The number of benzene rings is 2. The lowest BCUT2D eigenvalue weighted by molar-refractivity contribution is -0.240. The van der Waals surface area contributed by atoms with Crippen molar-refractivity contribution in [2.45, 2.75) is 31.0 Å². The molecule has 2 aromatic carbocycles. The molecule has 8 heteroatoms. The Morgan fingerprint density at radius 3 is 2.00 bits per heavy atom. The number of methoxy groups -OCH3 is 3. The van der Waals surface area contributed by atoms with Gasteiger partial charge in [-0.15, -0.1) is 0 Å². The van der Waals surface area contributed by atoms with Crippen molar-refractivity contribution >= 4 is 22.7 Å². The summed E-state index contributed by atoms with van der Waals surface area (Å²) >= 11 is 0. The maximum Gasteiger partial charge on any atom is 0.338 e. The van der Waals surface area contributed by atoms with E-state index in [0.29, 0.717) is 11.3 Å². The van der Waals surface area contributed by atoms with Gasteiger partial charge in [-0.25, -0.2) is 9.59 Å². The van der Waals surface area contributed by atoms with Crippen LogP contribution in [0.25, 0.3) is 10.8 Å². The Morgan fingerprint density at radius 1 is 0.964 bits per heavy atom. The lowest BCUT2D eigenvalue weighted by Gasteiger charge is -2.31. The van der Waals surface area contributed by atoms with E-state index in [-0.39, 0.29) is 0 Å². The van der Waals surface area contributed by atoms with Crippen molar-refractivity contribution in [3.63, 3.8) is 0 Å². The second-order valence-corrected chi connectivity index (χ2v) is 6.39. The van der Waals surface area contributed by atoms with Crippen LogP contribution in [0.4, 0.5) is 0 Å². The molecule has 1 N–H and O–H groups in total. The predicted molar refractivity (Wildman–Crippen MR) is 97.6 cm³/mol. The molecule has 0 radical (unpaired) electrons. The second-order valence-electron chi connectivity index (χ2n) is 6.39. The number of aliphatic hydroxyl groups is 1. The summed E-state index contributed by atoms with van der Waals surface area (Å²) in [4.78, 5) is 24.3. The summed E-state index contributed by atoms with van der Waals surface area (Å²) in [5, 5.41) is 12.2. The van der Waals surface area contributed by atoms with Gasteiger partial charge in [0.1, 0.15) is 11.9 Å². The van der Waals surface area contributed by atoms with Crippen molar-refractivity contribution in [2.75, 3.05) is 21.3 Å². The van der Waals surface area contributed by atoms with Gasteiger partial charge in [-0.2, -0.15) is 0 Å². The largest absolute Gasteiger partial charge is 0.497 e. The number of carbonyl (C=O) groups excluding carboxylic acids is 2. The highest BCUT2D eigenvalue weighted by Crippen LogP contribution is 2.42. The number of esters is 2. The summed E-state index contributed by atoms with van der Waals surface area (Å²) in [5.74, 6) is -2.64. The first-order valence-electron chi connectivity index (χ1n) is 8.64. The SMILES string of the molecule is COC(=O)[C@@H]1OC(c2ccc3cc(OC)ccc3c2)(C(C)O)O[C@H]1C(=O)OC. The highest BCUT2D eigenvalue weighted by Gasteiger charge is 2.58. The van der Waals surface area contributed by atoms with Crippen LogP contribution in [0.5, 0.6) is 5.75 Å². The normalized spacial score (nSPS) is 21.9. The number of carbonyl (C=O) groups is 2. The number of fused-ring (bicyclic) bond motifs is 1. The molecule has 2 aromatic rings. The minimum absolute atomic E-state index is 0.445. The molecule has 3 rings (SSSR count). The highest BCUT2D eigenvalue weighted by atomic mass is 16.8. The van der Waals surface area contributed by atoms with Gasteiger partial charge < -0.3 is 28.8 Å². The molecule has 3 atom stereocenters. The minimum atomic E-state index is -1.74. The molecule has 8 nitrogen and oxygen atoms in total. The van der Waals surface area contributed by atoms with Gasteiger partial charge in [-0.1, -0.05) is 18.2 Å². The van der Waals surface area contributed by atoms with Crippen LogP contribution in [0, 0.1) is 0 Å². The monoisotopic (exact) mass is 390 g/mol. The highest BCUT2D eigenvalue weighted by molar-refractivity contribution is 5.87. The molecule has 0 spiro atoms. The Balaban J connectivity index is 2.08. The number of ether oxygens (including phenoxy) is 5. The third-order valence-electron chi connectivity index (χ3n) is 4.75. The van der Waals surface area contributed by atoms with Gasteiger partial charge in [-0.3, -0.25) is 0 Å².